The van der Waals surface area contributed by atoms with Gasteiger partial charge in [0.05, 0.1) is 0 Å². The molecular weight excluding hydrogens is 136 g/mol. The molecule has 0 saturated heterocycles. The first-order chi connectivity index (χ1) is 4.84. The molecule has 0 heterocycles. The summed E-state index contributed by atoms with van der Waals surface area (Å²) in [4.78, 5) is 0. The molecule has 0 fully saturated rings. The van der Waals surface area contributed by atoms with Crippen LogP contribution in [0.1, 0.15) is 27.7 Å². The minimum Gasteiger partial charge on any atom is -0.306 e. The van der Waals surface area contributed by atoms with Gasteiger partial charge in [0.1, 0.15) is 0 Å². The maximum Gasteiger partial charge on any atom is 0.0368 e. The molecule has 62 valence electrons. The number of allylic oxidation sites excluding steroid dienone is 2. The van der Waals surface area contributed by atoms with E-state index < -0.39 is 0 Å². The van der Waals surface area contributed by atoms with E-state index in [4.69, 9.17) is 10.8 Å². The van der Waals surface area contributed by atoms with Crippen molar-refractivity contribution in [2.24, 2.45) is 5.41 Å². The third-order valence-electron chi connectivity index (χ3n) is 1.31. The third kappa shape index (κ3) is 4.48. The van der Waals surface area contributed by atoms with E-state index >= 15 is 0 Å². The normalized spacial score (nSPS) is 12.0. The van der Waals surface area contributed by atoms with E-state index in [9.17, 15) is 0 Å². The third-order valence-corrected chi connectivity index (χ3v) is 1.31. The van der Waals surface area contributed by atoms with Gasteiger partial charge in [-0.3, -0.25) is 0 Å². The Morgan fingerprint density at radius 3 is 1.82 bits per heavy atom. The van der Waals surface area contributed by atoms with E-state index in [2.05, 4.69) is 0 Å². The second kappa shape index (κ2) is 3.46. The highest BCUT2D eigenvalue weighted by Gasteiger charge is 2.13. The van der Waals surface area contributed by atoms with Gasteiger partial charge in [-0.15, -0.1) is 0 Å². The zero-order valence-corrected chi connectivity index (χ0v) is 7.65. The molecule has 0 saturated carbocycles. The van der Waals surface area contributed by atoms with Gasteiger partial charge in [0, 0.05) is 16.8 Å². The van der Waals surface area contributed by atoms with Gasteiger partial charge in [-0.2, -0.15) is 0 Å². The van der Waals surface area contributed by atoms with Gasteiger partial charge in [-0.1, -0.05) is 20.8 Å². The van der Waals surface area contributed by atoms with Crippen molar-refractivity contribution in [1.82, 2.24) is 0 Å². The molecule has 0 aromatic heterocycles. The van der Waals surface area contributed by atoms with Gasteiger partial charge in [-0.25, -0.2) is 0 Å². The summed E-state index contributed by atoms with van der Waals surface area (Å²) in [7, 11) is 0. The molecule has 0 aromatic rings. The predicted molar refractivity (Wildman–Crippen MR) is 49.7 cm³/mol. The predicted octanol–water partition coefficient (Wildman–Crippen LogP) is 2.65. The maximum atomic E-state index is 7.55. The molecule has 2 nitrogen and oxygen atoms in total. The molecule has 0 rings (SSSR count). The number of nitrogens with one attached hydrogen (secondary N) is 2. The highest BCUT2D eigenvalue weighted by atomic mass is 14.5. The van der Waals surface area contributed by atoms with Crippen LogP contribution in [0, 0.1) is 16.2 Å². The Morgan fingerprint density at radius 2 is 1.55 bits per heavy atom. The van der Waals surface area contributed by atoms with Crippen LogP contribution in [0.15, 0.2) is 12.2 Å². The molecule has 11 heavy (non-hydrogen) atoms. The Kier molecular flexibility index (Phi) is 3.18. The first kappa shape index (κ1) is 10.1. The van der Waals surface area contributed by atoms with Crippen LogP contribution in [-0.2, 0) is 0 Å². The summed E-state index contributed by atoms with van der Waals surface area (Å²) in [6.07, 6.45) is 3.33. The fourth-order valence-electron chi connectivity index (χ4n) is 0.458. The first-order valence-corrected chi connectivity index (χ1v) is 3.66. The summed E-state index contributed by atoms with van der Waals surface area (Å²) in [5.74, 6) is 0. The van der Waals surface area contributed by atoms with Crippen LogP contribution in [0.3, 0.4) is 0 Å². The van der Waals surface area contributed by atoms with Gasteiger partial charge in [0.2, 0.25) is 0 Å². The van der Waals surface area contributed by atoms with Crippen LogP contribution < -0.4 is 0 Å². The van der Waals surface area contributed by atoms with Crippen molar-refractivity contribution < 1.29 is 0 Å². The zero-order valence-electron chi connectivity index (χ0n) is 7.65. The SMILES string of the molecule is CC(=N)/C=C\C(=N)C(C)(C)C. The summed E-state index contributed by atoms with van der Waals surface area (Å²) >= 11 is 0. The fourth-order valence-corrected chi connectivity index (χ4v) is 0.458. The molecule has 2 heteroatoms. The summed E-state index contributed by atoms with van der Waals surface area (Å²) in [6.45, 7) is 7.66. The molecule has 0 aliphatic heterocycles. The molecule has 0 aromatic carbocycles. The molecule has 2 N–H and O–H groups in total. The summed E-state index contributed by atoms with van der Waals surface area (Å²) in [5.41, 5.74) is 0.939. The second-order valence-corrected chi connectivity index (χ2v) is 3.68. The van der Waals surface area contributed by atoms with Crippen LogP contribution in [-0.4, -0.2) is 11.4 Å². The van der Waals surface area contributed by atoms with E-state index in [0.717, 1.165) is 0 Å². The Labute approximate surface area is 68.3 Å². The number of hydrogen-bond acceptors (Lipinski definition) is 2. The van der Waals surface area contributed by atoms with E-state index in [1.165, 1.54) is 0 Å². The zero-order chi connectivity index (χ0) is 9.07. The topological polar surface area (TPSA) is 47.7 Å². The second-order valence-electron chi connectivity index (χ2n) is 3.68. The lowest BCUT2D eigenvalue weighted by Crippen LogP contribution is -2.16. The summed E-state index contributed by atoms with van der Waals surface area (Å²) in [6, 6.07) is 0. The average molecular weight is 152 g/mol. The van der Waals surface area contributed by atoms with E-state index in [0.29, 0.717) is 11.4 Å². The van der Waals surface area contributed by atoms with Crippen LogP contribution >= 0.6 is 0 Å². The Hall–Kier alpha value is -0.920. The number of hydrogen-bond donors (Lipinski definition) is 2. The molecule has 0 unspecified atom stereocenters. The van der Waals surface area contributed by atoms with Crippen molar-refractivity contribution in [2.45, 2.75) is 27.7 Å². The minimum atomic E-state index is -0.105. The quantitative estimate of drug-likeness (QED) is 0.571. The van der Waals surface area contributed by atoms with Crippen LogP contribution in [0.5, 0.6) is 0 Å². The van der Waals surface area contributed by atoms with Crippen LogP contribution in [0.2, 0.25) is 0 Å². The molecule has 0 amide bonds. The lowest BCUT2D eigenvalue weighted by atomic mass is 9.90. The minimum absolute atomic E-state index is 0.105. The van der Waals surface area contributed by atoms with Crippen molar-refractivity contribution in [3.8, 4) is 0 Å². The molecule has 0 atom stereocenters. The average Bonchev–Trinajstić information content (AvgIpc) is 1.80. The smallest absolute Gasteiger partial charge is 0.0368 e. The fraction of sp³-hybridized carbons (Fsp3) is 0.556. The standard InChI is InChI=1S/C9H16N2/c1-7(10)5-6-8(11)9(2,3)4/h5-6,10-11H,1-4H3/b6-5-,10-7?,11-8?. The van der Waals surface area contributed by atoms with Crippen molar-refractivity contribution in [3.63, 3.8) is 0 Å². The largest absolute Gasteiger partial charge is 0.306 e. The summed E-state index contributed by atoms with van der Waals surface area (Å²) < 4.78 is 0. The van der Waals surface area contributed by atoms with E-state index in [1.807, 2.05) is 20.8 Å². The van der Waals surface area contributed by atoms with Gasteiger partial charge < -0.3 is 10.8 Å². The van der Waals surface area contributed by atoms with Crippen molar-refractivity contribution in [3.05, 3.63) is 12.2 Å². The maximum absolute atomic E-state index is 7.55. The van der Waals surface area contributed by atoms with Crippen molar-refractivity contribution in [2.75, 3.05) is 0 Å². The van der Waals surface area contributed by atoms with Gasteiger partial charge in [0.15, 0.2) is 0 Å². The number of rotatable bonds is 2. The molecule has 0 aliphatic carbocycles. The lowest BCUT2D eigenvalue weighted by Gasteiger charge is -2.16. The Balaban J connectivity index is 4.20. The lowest BCUT2D eigenvalue weighted by molar-refractivity contribution is 0.591. The van der Waals surface area contributed by atoms with Gasteiger partial charge in [0.25, 0.3) is 0 Å². The molecule has 0 bridgehead atoms. The molecule has 0 radical (unpaired) electrons. The Bertz CT molecular complexity index is 194. The van der Waals surface area contributed by atoms with E-state index in [-0.39, 0.29) is 5.41 Å². The van der Waals surface area contributed by atoms with Gasteiger partial charge in [-0.05, 0) is 19.1 Å². The molecule has 0 spiro atoms. The highest BCUT2D eigenvalue weighted by Crippen LogP contribution is 2.15. The first-order valence-electron chi connectivity index (χ1n) is 3.66. The molecule has 0 aliphatic rings. The van der Waals surface area contributed by atoms with Gasteiger partial charge >= 0.3 is 0 Å². The monoisotopic (exact) mass is 152 g/mol. The Morgan fingerprint density at radius 1 is 1.09 bits per heavy atom. The van der Waals surface area contributed by atoms with Crippen molar-refractivity contribution in [1.29, 1.82) is 10.8 Å². The summed E-state index contributed by atoms with van der Waals surface area (Å²) in [5, 5.41) is 14.7. The van der Waals surface area contributed by atoms with Crippen molar-refractivity contribution >= 4 is 11.4 Å². The van der Waals surface area contributed by atoms with E-state index in [1.54, 1.807) is 19.1 Å². The van der Waals surface area contributed by atoms with Crippen LogP contribution in [0.4, 0.5) is 0 Å². The molecular formula is C9H16N2. The highest BCUT2D eigenvalue weighted by molar-refractivity contribution is 6.02. The van der Waals surface area contributed by atoms with Crippen LogP contribution in [0.25, 0.3) is 0 Å².